The molecule has 0 aliphatic heterocycles. The molecule has 0 bridgehead atoms. The second-order valence-electron chi connectivity index (χ2n) is 23.9. The standard InChI is InChI=1S/C72H135NO5/c1-3-5-7-9-11-13-15-17-37-41-44-48-52-56-60-64-70(75)69(68-74)73-71(76)65-61-57-53-49-45-42-38-35-33-31-29-27-25-23-21-19-18-20-22-24-26-28-30-32-34-36-39-43-47-51-55-59-63-67-78-72(77)66-62-58-54-50-46-40-16-14-12-10-8-6-4-2/h14,16,22,24,28,30,60,64,69-70,74-75H,3-13,15,17-21,23,25-27,29,31-59,61-63,65-68H2,1-2H3,(H,73,76)/b16-14-,24-22-,30-28-,64-60+. The number of rotatable bonds is 65. The highest BCUT2D eigenvalue weighted by atomic mass is 16.5. The molecule has 6 nitrogen and oxygen atoms in total. The number of unbranched alkanes of at least 4 members (excludes halogenated alkanes) is 48. The van der Waals surface area contributed by atoms with Crippen molar-refractivity contribution in [2.75, 3.05) is 13.2 Å². The predicted octanol–water partition coefficient (Wildman–Crippen LogP) is 22.5. The van der Waals surface area contributed by atoms with Crippen molar-refractivity contribution in [2.45, 2.75) is 386 Å². The van der Waals surface area contributed by atoms with Gasteiger partial charge in [-0.3, -0.25) is 9.59 Å². The molecule has 0 fully saturated rings. The third kappa shape index (κ3) is 63.0. The fourth-order valence-electron chi connectivity index (χ4n) is 10.7. The molecule has 0 aliphatic rings. The summed E-state index contributed by atoms with van der Waals surface area (Å²) in [5, 5.41) is 23.2. The van der Waals surface area contributed by atoms with E-state index in [1.807, 2.05) is 6.08 Å². The fourth-order valence-corrected chi connectivity index (χ4v) is 10.7. The molecule has 0 aromatic rings. The van der Waals surface area contributed by atoms with Gasteiger partial charge < -0.3 is 20.3 Å². The Kier molecular flexibility index (Phi) is 65.4. The van der Waals surface area contributed by atoms with E-state index in [2.05, 4.69) is 55.6 Å². The number of ether oxygens (including phenoxy) is 1. The van der Waals surface area contributed by atoms with Crippen LogP contribution in [0.1, 0.15) is 373 Å². The van der Waals surface area contributed by atoms with Crippen molar-refractivity contribution in [3.63, 3.8) is 0 Å². The van der Waals surface area contributed by atoms with E-state index in [9.17, 15) is 19.8 Å². The van der Waals surface area contributed by atoms with Crippen molar-refractivity contribution < 1.29 is 24.5 Å². The Morgan fingerprint density at radius 3 is 1.00 bits per heavy atom. The molecule has 0 heterocycles. The van der Waals surface area contributed by atoms with Gasteiger partial charge in [-0.25, -0.2) is 0 Å². The third-order valence-electron chi connectivity index (χ3n) is 16.1. The van der Waals surface area contributed by atoms with Gasteiger partial charge in [-0.15, -0.1) is 0 Å². The molecule has 0 spiro atoms. The highest BCUT2D eigenvalue weighted by molar-refractivity contribution is 5.76. The summed E-state index contributed by atoms with van der Waals surface area (Å²) in [6.45, 7) is 4.90. The molecular weight excluding hydrogens is 959 g/mol. The summed E-state index contributed by atoms with van der Waals surface area (Å²) in [6.07, 6.45) is 87.6. The summed E-state index contributed by atoms with van der Waals surface area (Å²) in [7, 11) is 0. The molecule has 0 aliphatic carbocycles. The lowest BCUT2D eigenvalue weighted by Gasteiger charge is -2.20. The van der Waals surface area contributed by atoms with E-state index in [1.165, 1.54) is 295 Å². The van der Waals surface area contributed by atoms with Crippen molar-refractivity contribution in [3.8, 4) is 0 Å². The van der Waals surface area contributed by atoms with Gasteiger partial charge in [0.05, 0.1) is 25.4 Å². The molecular formula is C72H135NO5. The quantitative estimate of drug-likeness (QED) is 0.0320. The molecule has 0 rings (SSSR count). The van der Waals surface area contributed by atoms with E-state index in [0.29, 0.717) is 19.4 Å². The number of carbonyl (C=O) groups excluding carboxylic acids is 2. The zero-order chi connectivity index (χ0) is 56.4. The maximum Gasteiger partial charge on any atom is 0.305 e. The Morgan fingerprint density at radius 1 is 0.359 bits per heavy atom. The Bertz CT molecular complexity index is 1310. The number of aliphatic hydroxyl groups is 2. The smallest absolute Gasteiger partial charge is 0.305 e. The van der Waals surface area contributed by atoms with Crippen molar-refractivity contribution >= 4 is 11.9 Å². The summed E-state index contributed by atoms with van der Waals surface area (Å²) in [4.78, 5) is 24.5. The van der Waals surface area contributed by atoms with Crippen LogP contribution in [-0.4, -0.2) is 47.4 Å². The lowest BCUT2D eigenvalue weighted by atomic mass is 10.0. The minimum absolute atomic E-state index is 0.00460. The SMILES string of the molecule is CCCCCC/C=C\CCCCCCCC(=O)OCCCCCCCCCCC/C=C\C/C=C\CCCCCCCCCCCCCCCCCCCC(=O)NC(CO)C(O)/C=C/CCCCCCCCCCCCCCC. The topological polar surface area (TPSA) is 95.9 Å². The van der Waals surface area contributed by atoms with Crippen LogP contribution in [0, 0.1) is 0 Å². The first kappa shape index (κ1) is 75.8. The number of hydrogen-bond donors (Lipinski definition) is 3. The molecule has 6 heteroatoms. The minimum Gasteiger partial charge on any atom is -0.466 e. The largest absolute Gasteiger partial charge is 0.466 e. The first-order valence-corrected chi connectivity index (χ1v) is 34.9. The number of hydrogen-bond acceptors (Lipinski definition) is 5. The fraction of sp³-hybridized carbons (Fsp3) is 0.861. The van der Waals surface area contributed by atoms with Crippen molar-refractivity contribution in [2.24, 2.45) is 0 Å². The maximum atomic E-state index is 12.5. The van der Waals surface area contributed by atoms with Gasteiger partial charge in [0.15, 0.2) is 0 Å². The molecule has 0 aromatic carbocycles. The molecule has 458 valence electrons. The van der Waals surface area contributed by atoms with Crippen molar-refractivity contribution in [3.05, 3.63) is 48.6 Å². The summed E-state index contributed by atoms with van der Waals surface area (Å²) in [6, 6.07) is -0.627. The molecule has 0 aromatic heterocycles. The van der Waals surface area contributed by atoms with E-state index < -0.39 is 12.1 Å². The zero-order valence-electron chi connectivity index (χ0n) is 52.4. The summed E-state index contributed by atoms with van der Waals surface area (Å²) >= 11 is 0. The van der Waals surface area contributed by atoms with Gasteiger partial charge in [-0.1, -0.05) is 319 Å². The van der Waals surface area contributed by atoms with Gasteiger partial charge in [0.2, 0.25) is 5.91 Å². The first-order chi connectivity index (χ1) is 38.5. The average molecular weight is 1090 g/mol. The second kappa shape index (κ2) is 67.3. The molecule has 1 amide bonds. The Hall–Kier alpha value is -2.18. The first-order valence-electron chi connectivity index (χ1n) is 34.9. The second-order valence-corrected chi connectivity index (χ2v) is 23.9. The lowest BCUT2D eigenvalue weighted by molar-refractivity contribution is -0.143. The number of amides is 1. The van der Waals surface area contributed by atoms with Crippen LogP contribution >= 0.6 is 0 Å². The van der Waals surface area contributed by atoms with Gasteiger partial charge in [-0.05, 0) is 89.9 Å². The normalized spacial score (nSPS) is 12.8. The van der Waals surface area contributed by atoms with Crippen LogP contribution in [0.15, 0.2) is 48.6 Å². The van der Waals surface area contributed by atoms with E-state index in [0.717, 1.165) is 51.4 Å². The number of aliphatic hydroxyl groups excluding tert-OH is 2. The van der Waals surface area contributed by atoms with E-state index in [-0.39, 0.29) is 18.5 Å². The van der Waals surface area contributed by atoms with Gasteiger partial charge in [0.1, 0.15) is 0 Å². The van der Waals surface area contributed by atoms with Gasteiger partial charge in [-0.2, -0.15) is 0 Å². The summed E-state index contributed by atoms with van der Waals surface area (Å²) in [5.74, 6) is -0.0599. The maximum absolute atomic E-state index is 12.5. The van der Waals surface area contributed by atoms with E-state index >= 15 is 0 Å². The molecule has 3 N–H and O–H groups in total. The Balaban J connectivity index is 3.40. The Morgan fingerprint density at radius 2 is 0.641 bits per heavy atom. The van der Waals surface area contributed by atoms with Crippen LogP contribution in [0.2, 0.25) is 0 Å². The van der Waals surface area contributed by atoms with Crippen molar-refractivity contribution in [1.29, 1.82) is 0 Å². The van der Waals surface area contributed by atoms with E-state index in [1.54, 1.807) is 6.08 Å². The number of allylic oxidation sites excluding steroid dienone is 7. The predicted molar refractivity (Wildman–Crippen MR) is 342 cm³/mol. The monoisotopic (exact) mass is 1090 g/mol. The molecule has 78 heavy (non-hydrogen) atoms. The van der Waals surface area contributed by atoms with Crippen LogP contribution in [0.25, 0.3) is 0 Å². The van der Waals surface area contributed by atoms with Gasteiger partial charge in [0, 0.05) is 12.8 Å². The highest BCUT2D eigenvalue weighted by Crippen LogP contribution is 2.18. The molecule has 2 unspecified atom stereocenters. The molecule has 0 saturated heterocycles. The molecule has 2 atom stereocenters. The van der Waals surface area contributed by atoms with Crippen LogP contribution < -0.4 is 5.32 Å². The third-order valence-corrected chi connectivity index (χ3v) is 16.1. The molecule has 0 saturated carbocycles. The minimum atomic E-state index is -0.843. The average Bonchev–Trinajstić information content (AvgIpc) is 3.44. The zero-order valence-corrected chi connectivity index (χ0v) is 52.4. The molecule has 0 radical (unpaired) electrons. The summed E-state index contributed by atoms with van der Waals surface area (Å²) < 4.78 is 5.47. The number of esters is 1. The van der Waals surface area contributed by atoms with Crippen molar-refractivity contribution in [1.82, 2.24) is 5.32 Å². The summed E-state index contributed by atoms with van der Waals surface area (Å²) in [5.41, 5.74) is 0. The lowest BCUT2D eigenvalue weighted by Crippen LogP contribution is -2.45. The van der Waals surface area contributed by atoms with Gasteiger partial charge in [0.25, 0.3) is 0 Å². The van der Waals surface area contributed by atoms with Crippen LogP contribution in [0.3, 0.4) is 0 Å². The highest BCUT2D eigenvalue weighted by Gasteiger charge is 2.18. The van der Waals surface area contributed by atoms with E-state index in [4.69, 9.17) is 4.74 Å². The van der Waals surface area contributed by atoms with Crippen LogP contribution in [0.4, 0.5) is 0 Å². The Labute approximate surface area is 486 Å². The number of nitrogens with one attached hydrogen (secondary N) is 1. The van der Waals surface area contributed by atoms with Crippen LogP contribution in [0.5, 0.6) is 0 Å². The van der Waals surface area contributed by atoms with Gasteiger partial charge >= 0.3 is 5.97 Å². The van der Waals surface area contributed by atoms with Crippen LogP contribution in [-0.2, 0) is 14.3 Å². The number of carbonyl (C=O) groups is 2.